The van der Waals surface area contributed by atoms with Crippen molar-refractivity contribution in [2.45, 2.75) is 24.9 Å². The van der Waals surface area contributed by atoms with Crippen LogP contribution in [0.25, 0.3) is 0 Å². The zero-order chi connectivity index (χ0) is 18.8. The molecule has 2 heterocycles. The summed E-state index contributed by atoms with van der Waals surface area (Å²) in [5, 5.41) is 15.5. The summed E-state index contributed by atoms with van der Waals surface area (Å²) < 4.78 is 38.3. The van der Waals surface area contributed by atoms with E-state index in [0.29, 0.717) is 11.1 Å². The molecular weight excluding hydrogens is 351 g/mol. The number of nitrogens with one attached hydrogen (secondary N) is 1. The first kappa shape index (κ1) is 17.9. The summed E-state index contributed by atoms with van der Waals surface area (Å²) in [4.78, 5) is 20.1. The van der Waals surface area contributed by atoms with Gasteiger partial charge in [-0.05, 0) is 29.3 Å². The third-order valence-electron chi connectivity index (χ3n) is 3.77. The van der Waals surface area contributed by atoms with Crippen LogP contribution in [0, 0.1) is 0 Å². The summed E-state index contributed by atoms with van der Waals surface area (Å²) >= 11 is 0. The lowest BCUT2D eigenvalue weighted by Crippen LogP contribution is -2.45. The first-order valence-corrected chi connectivity index (χ1v) is 7.61. The number of rotatable bonds is 4. The van der Waals surface area contributed by atoms with Crippen molar-refractivity contribution in [3.8, 4) is 0 Å². The van der Waals surface area contributed by atoms with Gasteiger partial charge in [0.05, 0.1) is 12.1 Å². The molecule has 26 heavy (non-hydrogen) atoms. The molecule has 1 unspecified atom stereocenters. The van der Waals surface area contributed by atoms with Crippen molar-refractivity contribution in [1.82, 2.24) is 10.3 Å². The van der Waals surface area contributed by atoms with Gasteiger partial charge in [-0.1, -0.05) is 29.4 Å². The van der Waals surface area contributed by atoms with Crippen molar-refractivity contribution in [3.05, 3.63) is 65.5 Å². The molecule has 1 aromatic carbocycles. The average molecular weight is 365 g/mol. The number of halogens is 3. The highest BCUT2D eigenvalue weighted by Gasteiger charge is 2.60. The molecule has 0 spiro atoms. The van der Waals surface area contributed by atoms with E-state index in [-0.39, 0.29) is 23.9 Å². The van der Waals surface area contributed by atoms with Gasteiger partial charge in [0, 0.05) is 12.7 Å². The Hall–Kier alpha value is -2.94. The van der Waals surface area contributed by atoms with E-state index in [9.17, 15) is 23.1 Å². The predicted molar refractivity (Wildman–Crippen MR) is 85.1 cm³/mol. The number of aromatic nitrogens is 1. The smallest absolute Gasteiger partial charge is 0.350 e. The second kappa shape index (κ2) is 6.75. The summed E-state index contributed by atoms with van der Waals surface area (Å²) in [5.41, 5.74) is 1.25. The molecule has 6 nitrogen and oxygen atoms in total. The molecule has 0 aliphatic carbocycles. The lowest BCUT2D eigenvalue weighted by Gasteiger charge is -2.22. The first-order chi connectivity index (χ1) is 12.3. The Morgan fingerprint density at radius 2 is 2.08 bits per heavy atom. The van der Waals surface area contributed by atoms with Crippen molar-refractivity contribution < 1.29 is 27.9 Å². The molecule has 9 heteroatoms. The van der Waals surface area contributed by atoms with Crippen LogP contribution in [0.3, 0.4) is 0 Å². The summed E-state index contributed by atoms with van der Waals surface area (Å²) in [5.74, 6) is -3.69. The number of amides is 1. The molecule has 1 atom stereocenters. The topological polar surface area (TPSA) is 83.8 Å². The van der Waals surface area contributed by atoms with Crippen LogP contribution in [-0.2, 0) is 11.4 Å². The number of nitrogens with zero attached hydrogens (tertiary/aromatic N) is 2. The molecule has 3 rings (SSSR count). The van der Waals surface area contributed by atoms with Crippen molar-refractivity contribution >= 4 is 11.6 Å². The second-order valence-electron chi connectivity index (χ2n) is 5.69. The molecule has 1 aliphatic rings. The Balaban J connectivity index is 1.67. The fraction of sp³-hybridized carbons (Fsp3) is 0.235. The maximum Gasteiger partial charge on any atom is 0.458 e. The lowest BCUT2D eigenvalue weighted by atomic mass is 10.0. The summed E-state index contributed by atoms with van der Waals surface area (Å²) in [6.07, 6.45) is -4.26. The number of pyridine rings is 1. The normalized spacial score (nSPS) is 19.6. The van der Waals surface area contributed by atoms with E-state index in [1.807, 2.05) is 0 Å². The number of hydrogen-bond donors (Lipinski definition) is 2. The molecule has 0 radical (unpaired) electrons. The Morgan fingerprint density at radius 1 is 1.27 bits per heavy atom. The quantitative estimate of drug-likeness (QED) is 0.871. The fourth-order valence-corrected chi connectivity index (χ4v) is 2.36. The van der Waals surface area contributed by atoms with Crippen LogP contribution in [-0.4, -0.2) is 33.7 Å². The molecule has 0 fully saturated rings. The Kier molecular flexibility index (Phi) is 4.64. The number of benzene rings is 1. The molecule has 1 amide bonds. The number of alkyl halides is 3. The minimum Gasteiger partial charge on any atom is -0.350 e. The van der Waals surface area contributed by atoms with Gasteiger partial charge in [-0.3, -0.25) is 9.78 Å². The van der Waals surface area contributed by atoms with Crippen LogP contribution in [0.15, 0.2) is 53.8 Å². The van der Waals surface area contributed by atoms with E-state index in [0.717, 1.165) is 0 Å². The van der Waals surface area contributed by atoms with E-state index in [1.54, 1.807) is 42.5 Å². The van der Waals surface area contributed by atoms with Gasteiger partial charge in [-0.25, -0.2) is 0 Å². The highest BCUT2D eigenvalue weighted by Crippen LogP contribution is 2.38. The lowest BCUT2D eigenvalue weighted by molar-refractivity contribution is -0.355. The van der Waals surface area contributed by atoms with Crippen LogP contribution in [0.5, 0.6) is 0 Å². The largest absolute Gasteiger partial charge is 0.458 e. The SMILES string of the molecule is O=C(NCc1cccc(C2=NOC(O)(C(F)(F)F)C2)c1)c1ccccn1. The van der Waals surface area contributed by atoms with Crippen LogP contribution < -0.4 is 5.32 Å². The van der Waals surface area contributed by atoms with Crippen LogP contribution in [0.4, 0.5) is 13.2 Å². The van der Waals surface area contributed by atoms with Gasteiger partial charge in [0.1, 0.15) is 5.69 Å². The van der Waals surface area contributed by atoms with Crippen LogP contribution in [0.2, 0.25) is 0 Å². The second-order valence-corrected chi connectivity index (χ2v) is 5.69. The molecule has 0 saturated heterocycles. The number of aliphatic hydroxyl groups is 1. The van der Waals surface area contributed by atoms with Crippen molar-refractivity contribution in [2.24, 2.45) is 5.16 Å². The van der Waals surface area contributed by atoms with Gasteiger partial charge >= 0.3 is 12.0 Å². The molecule has 1 aliphatic heterocycles. The zero-order valence-corrected chi connectivity index (χ0v) is 13.3. The van der Waals surface area contributed by atoms with Gasteiger partial charge < -0.3 is 15.3 Å². The molecule has 2 N–H and O–H groups in total. The summed E-state index contributed by atoms with van der Waals surface area (Å²) in [6, 6.07) is 11.4. The highest BCUT2D eigenvalue weighted by atomic mass is 19.4. The van der Waals surface area contributed by atoms with Gasteiger partial charge in [-0.15, -0.1) is 0 Å². The standard InChI is InChI=1S/C17H14F3N3O3/c18-17(19,20)16(25)9-14(23-26-16)12-5-3-4-11(8-12)10-22-15(24)13-6-1-2-7-21-13/h1-8,25H,9-10H2,(H,22,24). The molecule has 136 valence electrons. The Labute approximate surface area is 146 Å². The summed E-state index contributed by atoms with van der Waals surface area (Å²) in [7, 11) is 0. The van der Waals surface area contributed by atoms with Crippen molar-refractivity contribution in [3.63, 3.8) is 0 Å². The molecule has 1 aromatic heterocycles. The maximum absolute atomic E-state index is 12.8. The summed E-state index contributed by atoms with van der Waals surface area (Å²) in [6.45, 7) is 0.154. The molecule has 2 aromatic rings. The van der Waals surface area contributed by atoms with Gasteiger partial charge in [0.25, 0.3) is 5.91 Å². The van der Waals surface area contributed by atoms with E-state index in [2.05, 4.69) is 20.3 Å². The number of carbonyl (C=O) groups excluding carboxylic acids is 1. The third-order valence-corrected chi connectivity index (χ3v) is 3.77. The highest BCUT2D eigenvalue weighted by molar-refractivity contribution is 6.01. The third kappa shape index (κ3) is 3.67. The molecule has 0 bridgehead atoms. The number of hydrogen-bond acceptors (Lipinski definition) is 5. The van der Waals surface area contributed by atoms with Gasteiger partial charge in [-0.2, -0.15) is 13.2 Å². The minimum absolute atomic E-state index is 0.0253. The Bertz CT molecular complexity index is 840. The van der Waals surface area contributed by atoms with E-state index in [4.69, 9.17) is 0 Å². The van der Waals surface area contributed by atoms with Gasteiger partial charge in [0.15, 0.2) is 0 Å². The van der Waals surface area contributed by atoms with E-state index in [1.165, 1.54) is 6.20 Å². The maximum atomic E-state index is 12.8. The van der Waals surface area contributed by atoms with Crippen LogP contribution in [0.1, 0.15) is 28.0 Å². The number of carbonyl (C=O) groups is 1. The molecular formula is C17H14F3N3O3. The van der Waals surface area contributed by atoms with Gasteiger partial charge in [0.2, 0.25) is 0 Å². The predicted octanol–water partition coefficient (Wildman–Crippen LogP) is 2.39. The van der Waals surface area contributed by atoms with E-state index < -0.39 is 18.4 Å². The minimum atomic E-state index is -4.95. The van der Waals surface area contributed by atoms with Crippen LogP contribution >= 0.6 is 0 Å². The first-order valence-electron chi connectivity index (χ1n) is 7.61. The zero-order valence-electron chi connectivity index (χ0n) is 13.3. The van der Waals surface area contributed by atoms with Crippen molar-refractivity contribution in [1.29, 1.82) is 0 Å². The Morgan fingerprint density at radius 3 is 2.73 bits per heavy atom. The monoisotopic (exact) mass is 365 g/mol. The van der Waals surface area contributed by atoms with E-state index >= 15 is 0 Å². The van der Waals surface area contributed by atoms with Crippen molar-refractivity contribution in [2.75, 3.05) is 0 Å². The fourth-order valence-electron chi connectivity index (χ4n) is 2.36. The average Bonchev–Trinajstić information content (AvgIpc) is 3.04. The molecule has 0 saturated carbocycles. The number of oxime groups is 1.